The van der Waals surface area contributed by atoms with Gasteiger partial charge >= 0.3 is 5.97 Å². The zero-order valence-electron chi connectivity index (χ0n) is 16.7. The summed E-state index contributed by atoms with van der Waals surface area (Å²) in [7, 11) is 0. The van der Waals surface area contributed by atoms with E-state index >= 15 is 0 Å². The summed E-state index contributed by atoms with van der Waals surface area (Å²) >= 11 is 0. The highest BCUT2D eigenvalue weighted by Gasteiger charge is 2.22. The largest absolute Gasteiger partial charge is 0.481 e. The predicted molar refractivity (Wildman–Crippen MR) is 106 cm³/mol. The summed E-state index contributed by atoms with van der Waals surface area (Å²) in [6, 6.07) is 0. The van der Waals surface area contributed by atoms with Gasteiger partial charge in [-0.25, -0.2) is 0 Å². The fourth-order valence-electron chi connectivity index (χ4n) is 4.54. The van der Waals surface area contributed by atoms with Crippen LogP contribution in [0, 0.1) is 19.8 Å². The quantitative estimate of drug-likeness (QED) is 0.723. The Bertz CT molecular complexity index is 673. The standard InChI is InChI=1S/C22H33NO3/c1-5-17-14(3)19(13-21(25)26)22(15(4)18(17)6-2)23-20(24)12-16-10-8-7-9-11-16/h16H,5-13H2,1-4H3,(H,23,24)(H,25,26). The molecule has 4 heteroatoms. The van der Waals surface area contributed by atoms with Crippen molar-refractivity contribution in [3.8, 4) is 0 Å². The molecule has 144 valence electrons. The molecule has 0 atom stereocenters. The van der Waals surface area contributed by atoms with Crippen molar-refractivity contribution in [3.05, 3.63) is 27.8 Å². The van der Waals surface area contributed by atoms with Gasteiger partial charge in [-0.3, -0.25) is 9.59 Å². The molecule has 0 bridgehead atoms. The highest BCUT2D eigenvalue weighted by molar-refractivity contribution is 5.94. The third-order valence-corrected chi connectivity index (χ3v) is 5.90. The Labute approximate surface area is 157 Å². The molecule has 0 unspecified atom stereocenters. The van der Waals surface area contributed by atoms with Crippen molar-refractivity contribution in [2.75, 3.05) is 5.32 Å². The highest BCUT2D eigenvalue weighted by atomic mass is 16.4. The molecule has 0 spiro atoms. The normalized spacial score (nSPS) is 15.1. The van der Waals surface area contributed by atoms with Crippen LogP contribution in [0.5, 0.6) is 0 Å². The summed E-state index contributed by atoms with van der Waals surface area (Å²) in [6.07, 6.45) is 8.21. The Morgan fingerprint density at radius 1 is 0.962 bits per heavy atom. The first kappa shape index (κ1) is 20.5. The molecule has 2 N–H and O–H groups in total. The van der Waals surface area contributed by atoms with Crippen LogP contribution in [0.1, 0.15) is 80.2 Å². The van der Waals surface area contributed by atoms with Gasteiger partial charge in [0.1, 0.15) is 0 Å². The number of anilines is 1. The van der Waals surface area contributed by atoms with Crippen molar-refractivity contribution >= 4 is 17.6 Å². The zero-order chi connectivity index (χ0) is 19.3. The van der Waals surface area contributed by atoms with E-state index in [1.807, 2.05) is 13.8 Å². The first-order chi connectivity index (χ1) is 12.4. The van der Waals surface area contributed by atoms with Crippen LogP contribution >= 0.6 is 0 Å². The minimum atomic E-state index is -0.860. The molecule has 1 saturated carbocycles. The van der Waals surface area contributed by atoms with Crippen LogP contribution in [0.2, 0.25) is 0 Å². The van der Waals surface area contributed by atoms with Crippen LogP contribution in [-0.4, -0.2) is 17.0 Å². The van der Waals surface area contributed by atoms with Gasteiger partial charge in [0.2, 0.25) is 5.91 Å². The number of hydrogen-bond acceptors (Lipinski definition) is 2. The smallest absolute Gasteiger partial charge is 0.307 e. The number of benzene rings is 1. The van der Waals surface area contributed by atoms with Gasteiger partial charge in [0, 0.05) is 12.1 Å². The zero-order valence-corrected chi connectivity index (χ0v) is 16.7. The monoisotopic (exact) mass is 359 g/mol. The Hall–Kier alpha value is -1.84. The van der Waals surface area contributed by atoms with E-state index in [1.54, 1.807) is 0 Å². The number of amides is 1. The van der Waals surface area contributed by atoms with Crippen LogP contribution in [0.25, 0.3) is 0 Å². The average molecular weight is 360 g/mol. The molecule has 0 aliphatic heterocycles. The van der Waals surface area contributed by atoms with E-state index in [9.17, 15) is 14.7 Å². The van der Waals surface area contributed by atoms with E-state index in [4.69, 9.17) is 0 Å². The van der Waals surface area contributed by atoms with E-state index in [-0.39, 0.29) is 12.3 Å². The third-order valence-electron chi connectivity index (χ3n) is 5.90. The third kappa shape index (κ3) is 4.66. The van der Waals surface area contributed by atoms with Crippen LogP contribution in [0.3, 0.4) is 0 Å². The minimum Gasteiger partial charge on any atom is -0.481 e. The number of nitrogens with one attached hydrogen (secondary N) is 1. The van der Waals surface area contributed by atoms with Crippen molar-refractivity contribution in [3.63, 3.8) is 0 Å². The molecule has 2 rings (SSSR count). The van der Waals surface area contributed by atoms with Gasteiger partial charge < -0.3 is 10.4 Å². The second-order valence-electron chi connectivity index (χ2n) is 7.59. The molecule has 1 fully saturated rings. The molecule has 1 aliphatic carbocycles. The number of carbonyl (C=O) groups excluding carboxylic acids is 1. The summed E-state index contributed by atoms with van der Waals surface area (Å²) in [6.45, 7) is 8.23. The van der Waals surface area contributed by atoms with Crippen molar-refractivity contribution < 1.29 is 14.7 Å². The van der Waals surface area contributed by atoms with E-state index in [2.05, 4.69) is 19.2 Å². The molecule has 1 aromatic rings. The van der Waals surface area contributed by atoms with Gasteiger partial charge in [-0.05, 0) is 73.3 Å². The SMILES string of the molecule is CCc1c(C)c(CC(=O)O)c(NC(=O)CC2CCCCC2)c(C)c1CC. The van der Waals surface area contributed by atoms with Gasteiger partial charge in [-0.1, -0.05) is 33.1 Å². The Morgan fingerprint density at radius 3 is 2.08 bits per heavy atom. The molecule has 0 aromatic heterocycles. The number of hydrogen-bond donors (Lipinski definition) is 2. The van der Waals surface area contributed by atoms with Crippen molar-refractivity contribution in [1.82, 2.24) is 0 Å². The molecule has 0 heterocycles. The first-order valence-electron chi connectivity index (χ1n) is 10.0. The van der Waals surface area contributed by atoms with E-state index < -0.39 is 5.97 Å². The number of carbonyl (C=O) groups is 2. The summed E-state index contributed by atoms with van der Waals surface area (Å²) in [5.74, 6) is -0.368. The fraction of sp³-hybridized carbons (Fsp3) is 0.636. The maximum absolute atomic E-state index is 12.7. The highest BCUT2D eigenvalue weighted by Crippen LogP contribution is 2.34. The average Bonchev–Trinajstić information content (AvgIpc) is 2.61. The molecule has 1 amide bonds. The van der Waals surface area contributed by atoms with Crippen molar-refractivity contribution in [1.29, 1.82) is 0 Å². The van der Waals surface area contributed by atoms with Crippen LogP contribution in [0.15, 0.2) is 0 Å². The molecule has 26 heavy (non-hydrogen) atoms. The van der Waals surface area contributed by atoms with Gasteiger partial charge in [0.15, 0.2) is 0 Å². The lowest BCUT2D eigenvalue weighted by molar-refractivity contribution is -0.136. The first-order valence-corrected chi connectivity index (χ1v) is 10.0. The molecule has 0 saturated heterocycles. The Balaban J connectivity index is 2.36. The van der Waals surface area contributed by atoms with Crippen LogP contribution in [0.4, 0.5) is 5.69 Å². The van der Waals surface area contributed by atoms with Gasteiger partial charge in [0.05, 0.1) is 6.42 Å². The van der Waals surface area contributed by atoms with Gasteiger partial charge in [-0.15, -0.1) is 0 Å². The van der Waals surface area contributed by atoms with Gasteiger partial charge in [-0.2, -0.15) is 0 Å². The van der Waals surface area contributed by atoms with E-state index in [0.717, 1.165) is 48.1 Å². The second-order valence-corrected chi connectivity index (χ2v) is 7.59. The maximum Gasteiger partial charge on any atom is 0.307 e. The fourth-order valence-corrected chi connectivity index (χ4v) is 4.54. The molecule has 0 radical (unpaired) electrons. The Morgan fingerprint density at radius 2 is 1.54 bits per heavy atom. The van der Waals surface area contributed by atoms with Crippen molar-refractivity contribution in [2.45, 2.75) is 85.5 Å². The lowest BCUT2D eigenvalue weighted by atomic mass is 9.85. The summed E-state index contributed by atoms with van der Waals surface area (Å²) in [4.78, 5) is 24.1. The molecule has 4 nitrogen and oxygen atoms in total. The lowest BCUT2D eigenvalue weighted by Crippen LogP contribution is -2.21. The van der Waals surface area contributed by atoms with Gasteiger partial charge in [0.25, 0.3) is 0 Å². The Kier molecular flexibility index (Phi) is 7.24. The molecular formula is C22H33NO3. The van der Waals surface area contributed by atoms with Crippen LogP contribution < -0.4 is 5.32 Å². The minimum absolute atomic E-state index is 0.0253. The lowest BCUT2D eigenvalue weighted by Gasteiger charge is -2.24. The summed E-state index contributed by atoms with van der Waals surface area (Å²) in [5, 5.41) is 12.5. The van der Waals surface area contributed by atoms with E-state index in [1.165, 1.54) is 30.4 Å². The summed E-state index contributed by atoms with van der Waals surface area (Å²) in [5.41, 5.74) is 6.02. The maximum atomic E-state index is 12.7. The van der Waals surface area contributed by atoms with Crippen molar-refractivity contribution in [2.24, 2.45) is 5.92 Å². The topological polar surface area (TPSA) is 66.4 Å². The second kappa shape index (κ2) is 9.20. The molecule has 1 aromatic carbocycles. The molecule has 1 aliphatic rings. The van der Waals surface area contributed by atoms with E-state index in [0.29, 0.717) is 12.3 Å². The number of aliphatic carboxylic acids is 1. The van der Waals surface area contributed by atoms with Crippen LogP contribution in [-0.2, 0) is 28.9 Å². The number of carboxylic acids is 1. The predicted octanol–water partition coefficient (Wildman–Crippen LogP) is 4.96. The summed E-state index contributed by atoms with van der Waals surface area (Å²) < 4.78 is 0. The number of carboxylic acid groups (broad SMARTS) is 1. The number of rotatable bonds is 7. The molecular weight excluding hydrogens is 326 g/mol.